The van der Waals surface area contributed by atoms with Crippen molar-refractivity contribution < 1.29 is 28.9 Å². The zero-order valence-electron chi connectivity index (χ0n) is 12.2. The molecule has 0 bridgehead atoms. The lowest BCUT2D eigenvalue weighted by Gasteiger charge is -2.05. The van der Waals surface area contributed by atoms with E-state index in [4.69, 9.17) is 19.3 Å². The highest BCUT2D eigenvalue weighted by atomic mass is 16.6. The van der Waals surface area contributed by atoms with Crippen LogP contribution < -0.4 is 0 Å². The van der Waals surface area contributed by atoms with E-state index in [1.807, 2.05) is 13.8 Å². The van der Waals surface area contributed by atoms with Crippen molar-refractivity contribution in [2.75, 3.05) is 19.8 Å². The van der Waals surface area contributed by atoms with Crippen molar-refractivity contribution >= 4 is 11.9 Å². The molecule has 0 spiro atoms. The Morgan fingerprint density at radius 1 is 1.25 bits per heavy atom. The molecular weight excluding hydrogens is 264 g/mol. The predicted molar refractivity (Wildman–Crippen MR) is 71.4 cm³/mol. The molecule has 6 nitrogen and oxygen atoms in total. The number of carboxylic acid groups (broad SMARTS) is 1. The zero-order chi connectivity index (χ0) is 15.0. The molecule has 0 aromatic carbocycles. The normalized spacial score (nSPS) is 24.1. The first-order valence-corrected chi connectivity index (χ1v) is 7.18. The summed E-state index contributed by atoms with van der Waals surface area (Å²) in [4.78, 5) is 21.1. The number of rotatable bonds is 8. The van der Waals surface area contributed by atoms with Gasteiger partial charge in [0.1, 0.15) is 12.7 Å². The maximum absolute atomic E-state index is 10.7. The molecule has 2 saturated heterocycles. The first-order valence-electron chi connectivity index (χ1n) is 7.18. The molecule has 2 heterocycles. The second-order valence-electron chi connectivity index (χ2n) is 5.02. The number of carbonyl (C=O) groups is 2. The molecule has 2 fully saturated rings. The Hall–Kier alpha value is -1.14. The second-order valence-corrected chi connectivity index (χ2v) is 5.02. The first-order chi connectivity index (χ1) is 9.56. The highest BCUT2D eigenvalue weighted by molar-refractivity contribution is 5.70. The minimum atomic E-state index is -0.696. The lowest BCUT2D eigenvalue weighted by atomic mass is 10.0. The van der Waals surface area contributed by atoms with Gasteiger partial charge in [-0.2, -0.15) is 0 Å². The molecular formula is C14H24O6. The van der Waals surface area contributed by atoms with Crippen molar-refractivity contribution in [3.05, 3.63) is 0 Å². The van der Waals surface area contributed by atoms with Gasteiger partial charge in [0.2, 0.25) is 0 Å². The number of ether oxygens (including phenoxy) is 3. The molecule has 20 heavy (non-hydrogen) atoms. The summed E-state index contributed by atoms with van der Waals surface area (Å²) in [6.07, 6.45) is 3.19. The Kier molecular flexibility index (Phi) is 7.54. The molecule has 0 aliphatic carbocycles. The molecule has 0 saturated carbocycles. The minimum Gasteiger partial charge on any atom is -0.481 e. The van der Waals surface area contributed by atoms with Gasteiger partial charge >= 0.3 is 11.9 Å². The Morgan fingerprint density at radius 2 is 1.85 bits per heavy atom. The topological polar surface area (TPSA) is 88.7 Å². The smallest absolute Gasteiger partial charge is 0.306 e. The fourth-order valence-corrected chi connectivity index (χ4v) is 1.59. The van der Waals surface area contributed by atoms with Gasteiger partial charge in [-0.25, -0.2) is 0 Å². The molecule has 0 radical (unpaired) electrons. The molecule has 0 amide bonds. The summed E-state index contributed by atoms with van der Waals surface area (Å²) < 4.78 is 14.6. The molecule has 1 N–H and O–H groups in total. The summed E-state index contributed by atoms with van der Waals surface area (Å²) in [5, 5.41) is 8.59. The van der Waals surface area contributed by atoms with E-state index in [-0.39, 0.29) is 24.1 Å². The fourth-order valence-electron chi connectivity index (χ4n) is 1.59. The van der Waals surface area contributed by atoms with Crippen molar-refractivity contribution in [1.82, 2.24) is 0 Å². The van der Waals surface area contributed by atoms with Crippen molar-refractivity contribution in [3.63, 3.8) is 0 Å². The zero-order valence-corrected chi connectivity index (χ0v) is 12.2. The van der Waals surface area contributed by atoms with Gasteiger partial charge in [-0.3, -0.25) is 9.59 Å². The van der Waals surface area contributed by atoms with E-state index in [1.54, 1.807) is 0 Å². The quantitative estimate of drug-likeness (QED) is 0.539. The van der Waals surface area contributed by atoms with Crippen LogP contribution in [0.4, 0.5) is 0 Å². The van der Waals surface area contributed by atoms with E-state index >= 15 is 0 Å². The molecule has 6 heteroatoms. The molecule has 1 unspecified atom stereocenters. The predicted octanol–water partition coefficient (Wildman–Crippen LogP) is 1.61. The van der Waals surface area contributed by atoms with Crippen molar-refractivity contribution in [2.24, 2.45) is 5.92 Å². The number of esters is 1. The minimum absolute atomic E-state index is 0.113. The monoisotopic (exact) mass is 288 g/mol. The number of hydrogen-bond acceptors (Lipinski definition) is 5. The molecule has 116 valence electrons. The first kappa shape index (κ1) is 16.9. The van der Waals surface area contributed by atoms with E-state index in [0.717, 1.165) is 19.6 Å². The number of aliphatic carboxylic acids is 1. The van der Waals surface area contributed by atoms with Crippen molar-refractivity contribution in [2.45, 2.75) is 51.7 Å². The molecule has 2 aliphatic rings. The lowest BCUT2D eigenvalue weighted by Crippen LogP contribution is -2.14. The van der Waals surface area contributed by atoms with Crippen LogP contribution in [0, 0.1) is 5.92 Å². The third-order valence-electron chi connectivity index (χ3n) is 3.08. The molecule has 0 aromatic heterocycles. The van der Waals surface area contributed by atoms with Crippen LogP contribution in [0.2, 0.25) is 0 Å². The van der Waals surface area contributed by atoms with Gasteiger partial charge in [0.05, 0.1) is 25.2 Å². The van der Waals surface area contributed by atoms with Crippen molar-refractivity contribution in [3.8, 4) is 0 Å². The summed E-state index contributed by atoms with van der Waals surface area (Å²) in [7, 11) is 0. The second kappa shape index (κ2) is 8.92. The summed E-state index contributed by atoms with van der Waals surface area (Å²) >= 11 is 0. The van der Waals surface area contributed by atoms with Gasteiger partial charge in [0.25, 0.3) is 0 Å². The van der Waals surface area contributed by atoms with E-state index in [0.29, 0.717) is 25.9 Å². The maximum Gasteiger partial charge on any atom is 0.306 e. The highest BCUT2D eigenvalue weighted by Gasteiger charge is 2.29. The van der Waals surface area contributed by atoms with Crippen LogP contribution in [-0.2, 0) is 23.8 Å². The van der Waals surface area contributed by atoms with E-state index in [1.165, 1.54) is 0 Å². The summed E-state index contributed by atoms with van der Waals surface area (Å²) in [5.41, 5.74) is 0. The lowest BCUT2D eigenvalue weighted by molar-refractivity contribution is -0.144. The fraction of sp³-hybridized carbons (Fsp3) is 0.857. The SMILES string of the molecule is CCCC(=O)OC[C@H]1CO1.CC[C@H](CC1CO1)C(=O)O. The number of hydrogen-bond donors (Lipinski definition) is 1. The van der Waals surface area contributed by atoms with Gasteiger partial charge in [-0.1, -0.05) is 13.8 Å². The van der Waals surface area contributed by atoms with E-state index in [2.05, 4.69) is 0 Å². The Balaban J connectivity index is 0.000000200. The Bertz CT molecular complexity index is 307. The van der Waals surface area contributed by atoms with E-state index in [9.17, 15) is 9.59 Å². The van der Waals surface area contributed by atoms with Gasteiger partial charge in [-0.15, -0.1) is 0 Å². The molecule has 3 atom stereocenters. The van der Waals surface area contributed by atoms with Gasteiger partial charge in [-0.05, 0) is 19.3 Å². The van der Waals surface area contributed by atoms with Gasteiger partial charge in [0.15, 0.2) is 0 Å². The number of epoxide rings is 2. The van der Waals surface area contributed by atoms with Crippen LogP contribution in [-0.4, -0.2) is 49.1 Å². The van der Waals surface area contributed by atoms with Crippen LogP contribution in [0.25, 0.3) is 0 Å². The average molecular weight is 288 g/mol. The Labute approximate surface area is 119 Å². The number of carboxylic acids is 1. The largest absolute Gasteiger partial charge is 0.481 e. The number of carbonyl (C=O) groups excluding carboxylic acids is 1. The third kappa shape index (κ3) is 8.12. The summed E-state index contributed by atoms with van der Waals surface area (Å²) in [6, 6.07) is 0. The van der Waals surface area contributed by atoms with Crippen LogP contribution in [0.5, 0.6) is 0 Å². The van der Waals surface area contributed by atoms with Crippen molar-refractivity contribution in [1.29, 1.82) is 0 Å². The third-order valence-corrected chi connectivity index (χ3v) is 3.08. The molecule has 2 aliphatic heterocycles. The summed E-state index contributed by atoms with van der Waals surface area (Å²) in [6.45, 7) is 5.79. The van der Waals surface area contributed by atoms with Gasteiger partial charge < -0.3 is 19.3 Å². The van der Waals surface area contributed by atoms with Crippen LogP contribution >= 0.6 is 0 Å². The molecule has 2 rings (SSSR count). The van der Waals surface area contributed by atoms with E-state index < -0.39 is 5.97 Å². The van der Waals surface area contributed by atoms with Crippen LogP contribution in [0.3, 0.4) is 0 Å². The van der Waals surface area contributed by atoms with Gasteiger partial charge in [0, 0.05) is 6.42 Å². The maximum atomic E-state index is 10.7. The standard InChI is InChI=1S/2C7H12O3/c1-2-5(7(8)9)3-6-4-10-6;1-2-3-7(8)10-5-6-4-9-6/h5-6H,2-4H2,1H3,(H,8,9);6H,2-5H2,1H3/t5-,6?;6-/m11/s1. The molecule has 0 aromatic rings. The van der Waals surface area contributed by atoms with Crippen LogP contribution in [0.15, 0.2) is 0 Å². The van der Waals surface area contributed by atoms with Crippen LogP contribution in [0.1, 0.15) is 39.5 Å². The Morgan fingerprint density at radius 3 is 2.25 bits per heavy atom. The highest BCUT2D eigenvalue weighted by Crippen LogP contribution is 2.21. The summed E-state index contributed by atoms with van der Waals surface area (Å²) in [5.74, 6) is -1.01. The average Bonchev–Trinajstić information content (AvgIpc) is 3.28.